The van der Waals surface area contributed by atoms with E-state index in [0.29, 0.717) is 11.7 Å². The number of nitrogens with one attached hydrogen (secondary N) is 1. The lowest BCUT2D eigenvalue weighted by atomic mass is 10.1. The van der Waals surface area contributed by atoms with Gasteiger partial charge in [-0.15, -0.1) is 0 Å². The Morgan fingerprint density at radius 2 is 2.39 bits per heavy atom. The number of rotatable bonds is 4. The summed E-state index contributed by atoms with van der Waals surface area (Å²) in [5.74, 6) is 0.739. The molecule has 1 N–H and O–H groups in total. The summed E-state index contributed by atoms with van der Waals surface area (Å²) in [6, 6.07) is 2.50. The summed E-state index contributed by atoms with van der Waals surface area (Å²) in [6.07, 6.45) is 3.90. The predicted octanol–water partition coefficient (Wildman–Crippen LogP) is 1.20. The number of carbonyl (C=O) groups excluding carboxylic acids is 1. The highest BCUT2D eigenvalue weighted by Crippen LogP contribution is 2.31. The largest absolute Gasteiger partial charge is 0.351 e. The minimum absolute atomic E-state index is 0.152. The number of aryl methyl sites for hydroxylation is 1. The predicted molar refractivity (Wildman–Crippen MR) is 66.3 cm³/mol. The van der Waals surface area contributed by atoms with Gasteiger partial charge in [0, 0.05) is 25.2 Å². The molecule has 1 aromatic rings. The normalized spacial score (nSPS) is 24.4. The average molecular weight is 249 g/mol. The molecule has 1 aliphatic heterocycles. The van der Waals surface area contributed by atoms with E-state index in [9.17, 15) is 4.79 Å². The monoisotopic (exact) mass is 249 g/mol. The van der Waals surface area contributed by atoms with Crippen LogP contribution in [0.1, 0.15) is 35.5 Å². The first-order chi connectivity index (χ1) is 8.72. The molecule has 0 unspecified atom stereocenters. The van der Waals surface area contributed by atoms with Gasteiger partial charge < -0.3 is 14.7 Å². The second-order valence-electron chi connectivity index (χ2n) is 5.42. The van der Waals surface area contributed by atoms with Gasteiger partial charge in [-0.2, -0.15) is 0 Å². The fraction of sp³-hybridized carbons (Fsp3) is 0.692. The first-order valence-electron chi connectivity index (χ1n) is 6.68. The molecule has 2 fully saturated rings. The van der Waals surface area contributed by atoms with Crippen LogP contribution in [0.3, 0.4) is 0 Å². The molecule has 0 aromatic carbocycles. The molecule has 1 atom stereocenters. The first-order valence-corrected chi connectivity index (χ1v) is 6.68. The van der Waals surface area contributed by atoms with Gasteiger partial charge in [-0.25, -0.2) is 0 Å². The molecular formula is C13H19N3O2. The topological polar surface area (TPSA) is 58.4 Å². The number of hydrogen-bond donors (Lipinski definition) is 1. The van der Waals surface area contributed by atoms with Crippen molar-refractivity contribution in [3.05, 3.63) is 17.5 Å². The van der Waals surface area contributed by atoms with Crippen molar-refractivity contribution in [2.75, 3.05) is 19.6 Å². The van der Waals surface area contributed by atoms with Gasteiger partial charge in [-0.05, 0) is 38.6 Å². The Kier molecular flexibility index (Phi) is 3.07. The molecule has 0 bridgehead atoms. The van der Waals surface area contributed by atoms with E-state index in [1.807, 2.05) is 6.92 Å². The number of aromatic nitrogens is 1. The summed E-state index contributed by atoms with van der Waals surface area (Å²) in [5, 5.41) is 6.65. The summed E-state index contributed by atoms with van der Waals surface area (Å²) >= 11 is 0. The number of nitrogens with zero attached hydrogens (tertiary/aromatic N) is 2. The third-order valence-corrected chi connectivity index (χ3v) is 3.78. The van der Waals surface area contributed by atoms with Crippen LogP contribution in [0.5, 0.6) is 0 Å². The van der Waals surface area contributed by atoms with Crippen LogP contribution in [0.25, 0.3) is 0 Å². The minimum Gasteiger partial charge on any atom is -0.351 e. The molecule has 2 heterocycles. The standard InChI is InChI=1S/C13H19N3O2/c1-9-6-12(18-15-9)13(17)14-7-10-4-5-16(8-10)11-2-3-11/h6,10-11H,2-5,7-8H2,1H3,(H,14,17)/t10-/m0/s1. The van der Waals surface area contributed by atoms with E-state index >= 15 is 0 Å². The molecule has 1 aliphatic carbocycles. The highest BCUT2D eigenvalue weighted by molar-refractivity contribution is 5.91. The van der Waals surface area contributed by atoms with Crippen molar-refractivity contribution < 1.29 is 9.32 Å². The maximum atomic E-state index is 11.8. The number of likely N-dealkylation sites (tertiary alicyclic amines) is 1. The Bertz CT molecular complexity index is 439. The van der Waals surface area contributed by atoms with Gasteiger partial charge in [0.05, 0.1) is 5.69 Å². The van der Waals surface area contributed by atoms with Crippen molar-refractivity contribution in [2.24, 2.45) is 5.92 Å². The fourth-order valence-electron chi connectivity index (χ4n) is 2.60. The van der Waals surface area contributed by atoms with E-state index in [0.717, 1.165) is 24.8 Å². The fourth-order valence-corrected chi connectivity index (χ4v) is 2.60. The number of hydrogen-bond acceptors (Lipinski definition) is 4. The Balaban J connectivity index is 1.45. The van der Waals surface area contributed by atoms with Gasteiger partial charge in [0.1, 0.15) is 0 Å². The highest BCUT2D eigenvalue weighted by Gasteiger charge is 2.34. The quantitative estimate of drug-likeness (QED) is 0.871. The van der Waals surface area contributed by atoms with Gasteiger partial charge >= 0.3 is 0 Å². The van der Waals surface area contributed by atoms with E-state index in [1.165, 1.54) is 25.8 Å². The summed E-state index contributed by atoms with van der Waals surface area (Å²) in [7, 11) is 0. The van der Waals surface area contributed by atoms with Crippen LogP contribution in [0, 0.1) is 12.8 Å². The zero-order chi connectivity index (χ0) is 12.5. The lowest BCUT2D eigenvalue weighted by molar-refractivity contribution is 0.0910. The maximum absolute atomic E-state index is 11.8. The Labute approximate surface area is 107 Å². The molecule has 0 radical (unpaired) electrons. The molecule has 2 aliphatic rings. The molecule has 98 valence electrons. The van der Waals surface area contributed by atoms with Gasteiger partial charge in [0.15, 0.2) is 0 Å². The number of amides is 1. The summed E-state index contributed by atoms with van der Waals surface area (Å²) in [6.45, 7) is 4.86. The maximum Gasteiger partial charge on any atom is 0.289 e. The second-order valence-corrected chi connectivity index (χ2v) is 5.42. The highest BCUT2D eigenvalue weighted by atomic mass is 16.5. The Morgan fingerprint density at radius 3 is 3.06 bits per heavy atom. The molecular weight excluding hydrogens is 230 g/mol. The van der Waals surface area contributed by atoms with Crippen molar-refractivity contribution >= 4 is 5.91 Å². The van der Waals surface area contributed by atoms with Crippen LogP contribution < -0.4 is 5.32 Å². The van der Waals surface area contributed by atoms with Crippen LogP contribution in [0.4, 0.5) is 0 Å². The lowest BCUT2D eigenvalue weighted by Gasteiger charge is -2.14. The molecule has 0 spiro atoms. The average Bonchev–Trinajstić information content (AvgIpc) is 2.95. The lowest BCUT2D eigenvalue weighted by Crippen LogP contribution is -2.31. The Hall–Kier alpha value is -1.36. The van der Waals surface area contributed by atoms with Crippen molar-refractivity contribution in [2.45, 2.75) is 32.2 Å². The first kappa shape index (κ1) is 11.7. The Morgan fingerprint density at radius 1 is 1.56 bits per heavy atom. The molecule has 18 heavy (non-hydrogen) atoms. The molecule has 1 aromatic heterocycles. The van der Waals surface area contributed by atoms with Crippen LogP contribution in [-0.2, 0) is 0 Å². The van der Waals surface area contributed by atoms with E-state index in [4.69, 9.17) is 4.52 Å². The summed E-state index contributed by atoms with van der Waals surface area (Å²) in [5.41, 5.74) is 0.737. The molecule has 3 rings (SSSR count). The van der Waals surface area contributed by atoms with Gasteiger partial charge in [0.25, 0.3) is 5.91 Å². The summed E-state index contributed by atoms with van der Waals surface area (Å²) in [4.78, 5) is 14.3. The van der Waals surface area contributed by atoms with E-state index in [1.54, 1.807) is 6.07 Å². The SMILES string of the molecule is Cc1cc(C(=O)NC[C@@H]2CCN(C3CC3)C2)on1. The van der Waals surface area contributed by atoms with Gasteiger partial charge in [0.2, 0.25) is 5.76 Å². The van der Waals surface area contributed by atoms with Crippen molar-refractivity contribution in [1.82, 2.24) is 15.4 Å². The zero-order valence-corrected chi connectivity index (χ0v) is 10.7. The van der Waals surface area contributed by atoms with E-state index < -0.39 is 0 Å². The second kappa shape index (κ2) is 4.72. The van der Waals surface area contributed by atoms with Crippen molar-refractivity contribution in [1.29, 1.82) is 0 Å². The van der Waals surface area contributed by atoms with Gasteiger partial charge in [-0.3, -0.25) is 4.79 Å². The van der Waals surface area contributed by atoms with Crippen LogP contribution >= 0.6 is 0 Å². The van der Waals surface area contributed by atoms with Crippen LogP contribution in [0.15, 0.2) is 10.6 Å². The molecule has 1 saturated heterocycles. The molecule has 1 amide bonds. The molecule has 5 nitrogen and oxygen atoms in total. The van der Waals surface area contributed by atoms with E-state index in [-0.39, 0.29) is 5.91 Å². The smallest absolute Gasteiger partial charge is 0.289 e. The minimum atomic E-state index is -0.152. The van der Waals surface area contributed by atoms with Crippen LogP contribution in [-0.4, -0.2) is 41.6 Å². The number of carbonyl (C=O) groups is 1. The third kappa shape index (κ3) is 2.56. The van der Waals surface area contributed by atoms with Crippen molar-refractivity contribution in [3.8, 4) is 0 Å². The summed E-state index contributed by atoms with van der Waals surface area (Å²) < 4.78 is 4.94. The molecule has 5 heteroatoms. The van der Waals surface area contributed by atoms with E-state index in [2.05, 4.69) is 15.4 Å². The zero-order valence-electron chi connectivity index (χ0n) is 10.7. The third-order valence-electron chi connectivity index (χ3n) is 3.78. The molecule has 1 saturated carbocycles. The van der Waals surface area contributed by atoms with Crippen molar-refractivity contribution in [3.63, 3.8) is 0 Å². The van der Waals surface area contributed by atoms with Gasteiger partial charge in [-0.1, -0.05) is 5.16 Å². The van der Waals surface area contributed by atoms with Crippen LogP contribution in [0.2, 0.25) is 0 Å².